The summed E-state index contributed by atoms with van der Waals surface area (Å²) < 4.78 is 0. The molecule has 0 fully saturated rings. The maximum atomic E-state index is 11.4. The standard InChI is InChI=1S/C19H18N2O/c1-2-19(22)21-13-14-6-3-7-15(12-14)16-8-4-10-18-17(16)9-5-11-20-18/h3-12H,2,13H2,1H3,(H,21,22). The van der Waals surface area contributed by atoms with Crippen molar-refractivity contribution >= 4 is 16.8 Å². The van der Waals surface area contributed by atoms with Gasteiger partial charge in [0.15, 0.2) is 0 Å². The van der Waals surface area contributed by atoms with Gasteiger partial charge in [0.1, 0.15) is 0 Å². The van der Waals surface area contributed by atoms with Gasteiger partial charge in [0, 0.05) is 24.5 Å². The summed E-state index contributed by atoms with van der Waals surface area (Å²) in [5.41, 5.74) is 4.39. The molecule has 0 unspecified atom stereocenters. The van der Waals surface area contributed by atoms with Gasteiger partial charge in [0.25, 0.3) is 0 Å². The zero-order valence-electron chi connectivity index (χ0n) is 12.5. The van der Waals surface area contributed by atoms with Crippen molar-refractivity contribution in [1.29, 1.82) is 0 Å². The summed E-state index contributed by atoms with van der Waals surface area (Å²) in [7, 11) is 0. The monoisotopic (exact) mass is 290 g/mol. The van der Waals surface area contributed by atoms with E-state index in [4.69, 9.17) is 0 Å². The maximum absolute atomic E-state index is 11.4. The van der Waals surface area contributed by atoms with Crippen molar-refractivity contribution in [3.05, 3.63) is 66.4 Å². The third kappa shape index (κ3) is 2.98. The van der Waals surface area contributed by atoms with Crippen LogP contribution in [0.25, 0.3) is 22.0 Å². The normalized spacial score (nSPS) is 10.6. The topological polar surface area (TPSA) is 42.0 Å². The minimum Gasteiger partial charge on any atom is -0.352 e. The highest BCUT2D eigenvalue weighted by atomic mass is 16.1. The second kappa shape index (κ2) is 6.39. The van der Waals surface area contributed by atoms with Crippen LogP contribution >= 0.6 is 0 Å². The van der Waals surface area contributed by atoms with Gasteiger partial charge in [0.2, 0.25) is 5.91 Å². The van der Waals surface area contributed by atoms with Crippen LogP contribution in [0.5, 0.6) is 0 Å². The van der Waals surface area contributed by atoms with Crippen LogP contribution in [0.1, 0.15) is 18.9 Å². The van der Waals surface area contributed by atoms with Crippen molar-refractivity contribution in [2.45, 2.75) is 19.9 Å². The molecule has 0 bridgehead atoms. The number of nitrogens with one attached hydrogen (secondary N) is 1. The van der Waals surface area contributed by atoms with Crippen molar-refractivity contribution in [2.24, 2.45) is 0 Å². The molecule has 0 aliphatic carbocycles. The molecule has 0 aliphatic heterocycles. The van der Waals surface area contributed by atoms with Crippen LogP contribution in [0.4, 0.5) is 0 Å². The van der Waals surface area contributed by atoms with Crippen LogP contribution in [0.3, 0.4) is 0 Å². The fourth-order valence-corrected chi connectivity index (χ4v) is 2.53. The first-order valence-electron chi connectivity index (χ1n) is 7.47. The lowest BCUT2D eigenvalue weighted by molar-refractivity contribution is -0.120. The van der Waals surface area contributed by atoms with Gasteiger partial charge in [-0.1, -0.05) is 43.3 Å². The van der Waals surface area contributed by atoms with E-state index in [2.05, 4.69) is 34.6 Å². The Morgan fingerprint density at radius 3 is 2.82 bits per heavy atom. The summed E-state index contributed by atoms with van der Waals surface area (Å²) in [4.78, 5) is 15.8. The minimum atomic E-state index is 0.0692. The Bertz CT molecular complexity index is 806. The van der Waals surface area contributed by atoms with E-state index in [1.54, 1.807) is 0 Å². The molecule has 2 aromatic carbocycles. The second-order valence-corrected chi connectivity index (χ2v) is 5.21. The summed E-state index contributed by atoms with van der Waals surface area (Å²) >= 11 is 0. The number of carbonyl (C=O) groups excluding carboxylic acids is 1. The maximum Gasteiger partial charge on any atom is 0.219 e. The van der Waals surface area contributed by atoms with Gasteiger partial charge in [0.05, 0.1) is 5.52 Å². The van der Waals surface area contributed by atoms with Gasteiger partial charge in [-0.15, -0.1) is 0 Å². The highest BCUT2D eigenvalue weighted by molar-refractivity contribution is 5.94. The van der Waals surface area contributed by atoms with E-state index in [9.17, 15) is 4.79 Å². The van der Waals surface area contributed by atoms with Crippen molar-refractivity contribution < 1.29 is 4.79 Å². The third-order valence-corrected chi connectivity index (χ3v) is 3.69. The molecule has 3 aromatic rings. The van der Waals surface area contributed by atoms with Gasteiger partial charge in [-0.3, -0.25) is 9.78 Å². The lowest BCUT2D eigenvalue weighted by atomic mass is 9.99. The van der Waals surface area contributed by atoms with Crippen LogP contribution in [-0.2, 0) is 11.3 Å². The van der Waals surface area contributed by atoms with E-state index < -0.39 is 0 Å². The molecule has 1 heterocycles. The molecule has 110 valence electrons. The number of pyridine rings is 1. The largest absolute Gasteiger partial charge is 0.352 e. The highest BCUT2D eigenvalue weighted by Gasteiger charge is 2.05. The third-order valence-electron chi connectivity index (χ3n) is 3.69. The predicted octanol–water partition coefficient (Wildman–Crippen LogP) is 3.93. The molecule has 0 radical (unpaired) electrons. The summed E-state index contributed by atoms with van der Waals surface area (Å²) in [6.07, 6.45) is 2.32. The fraction of sp³-hybridized carbons (Fsp3) is 0.158. The second-order valence-electron chi connectivity index (χ2n) is 5.21. The Kier molecular flexibility index (Phi) is 4.15. The van der Waals surface area contributed by atoms with Crippen LogP contribution in [0.15, 0.2) is 60.8 Å². The summed E-state index contributed by atoms with van der Waals surface area (Å²) in [6.45, 7) is 2.42. The summed E-state index contributed by atoms with van der Waals surface area (Å²) in [5.74, 6) is 0.0692. The van der Waals surface area contributed by atoms with Gasteiger partial charge in [-0.25, -0.2) is 0 Å². The van der Waals surface area contributed by atoms with Crippen LogP contribution in [0, 0.1) is 0 Å². The molecular weight excluding hydrogens is 272 g/mol. The Labute approximate surface area is 130 Å². The zero-order chi connectivity index (χ0) is 15.4. The number of rotatable bonds is 4. The first kappa shape index (κ1) is 14.3. The molecule has 0 saturated heterocycles. The average molecular weight is 290 g/mol. The number of nitrogens with zero attached hydrogens (tertiary/aromatic N) is 1. The molecule has 1 N–H and O–H groups in total. The molecule has 0 spiro atoms. The lowest BCUT2D eigenvalue weighted by Gasteiger charge is -2.09. The minimum absolute atomic E-state index is 0.0692. The summed E-state index contributed by atoms with van der Waals surface area (Å²) in [5, 5.41) is 4.05. The van der Waals surface area contributed by atoms with Crippen molar-refractivity contribution in [2.75, 3.05) is 0 Å². The molecular formula is C19H18N2O. The Morgan fingerprint density at radius 1 is 1.09 bits per heavy atom. The predicted molar refractivity (Wildman–Crippen MR) is 89.3 cm³/mol. The molecule has 0 saturated carbocycles. The lowest BCUT2D eigenvalue weighted by Crippen LogP contribution is -2.21. The molecule has 0 atom stereocenters. The first-order chi connectivity index (χ1) is 10.8. The molecule has 3 nitrogen and oxygen atoms in total. The molecule has 0 aliphatic rings. The van der Waals surface area contributed by atoms with Crippen LogP contribution < -0.4 is 5.32 Å². The van der Waals surface area contributed by atoms with E-state index in [0.29, 0.717) is 13.0 Å². The molecule has 22 heavy (non-hydrogen) atoms. The number of aromatic nitrogens is 1. The Balaban J connectivity index is 1.95. The van der Waals surface area contributed by atoms with Crippen molar-refractivity contribution in [3.63, 3.8) is 0 Å². The molecule has 1 aromatic heterocycles. The highest BCUT2D eigenvalue weighted by Crippen LogP contribution is 2.28. The van der Waals surface area contributed by atoms with Crippen molar-refractivity contribution in [1.82, 2.24) is 10.3 Å². The first-order valence-corrected chi connectivity index (χ1v) is 7.47. The van der Waals surface area contributed by atoms with Crippen molar-refractivity contribution in [3.8, 4) is 11.1 Å². The number of hydrogen-bond donors (Lipinski definition) is 1. The smallest absolute Gasteiger partial charge is 0.219 e. The fourth-order valence-electron chi connectivity index (χ4n) is 2.53. The average Bonchev–Trinajstić information content (AvgIpc) is 2.59. The number of hydrogen-bond acceptors (Lipinski definition) is 2. The number of benzene rings is 2. The number of fused-ring (bicyclic) bond motifs is 1. The Morgan fingerprint density at radius 2 is 1.95 bits per heavy atom. The molecule has 1 amide bonds. The number of amides is 1. The Hall–Kier alpha value is -2.68. The van der Waals surface area contributed by atoms with Crippen LogP contribution in [-0.4, -0.2) is 10.9 Å². The van der Waals surface area contributed by atoms with Gasteiger partial charge in [-0.05, 0) is 34.9 Å². The van der Waals surface area contributed by atoms with E-state index in [0.717, 1.165) is 27.6 Å². The van der Waals surface area contributed by atoms with E-state index in [1.165, 1.54) is 0 Å². The van der Waals surface area contributed by atoms with E-state index in [1.807, 2.05) is 43.5 Å². The van der Waals surface area contributed by atoms with E-state index >= 15 is 0 Å². The zero-order valence-corrected chi connectivity index (χ0v) is 12.5. The van der Waals surface area contributed by atoms with Gasteiger partial charge >= 0.3 is 0 Å². The van der Waals surface area contributed by atoms with Crippen LogP contribution in [0.2, 0.25) is 0 Å². The molecule has 3 heteroatoms. The number of carbonyl (C=O) groups is 1. The van der Waals surface area contributed by atoms with Gasteiger partial charge in [-0.2, -0.15) is 0 Å². The molecule has 3 rings (SSSR count). The van der Waals surface area contributed by atoms with E-state index in [-0.39, 0.29) is 5.91 Å². The summed E-state index contributed by atoms with van der Waals surface area (Å²) in [6, 6.07) is 18.5. The quantitative estimate of drug-likeness (QED) is 0.791. The van der Waals surface area contributed by atoms with Gasteiger partial charge < -0.3 is 5.32 Å². The SMILES string of the molecule is CCC(=O)NCc1cccc(-c2cccc3ncccc23)c1.